The standard InChI is InChI=1S/C14H27N3O/c1-12(11-17-9-3-2-4-10-17)16-14(18)13-5-7-15-8-6-13/h12-13,15H,2-11H2,1H3,(H,16,18). The number of carbonyl (C=O) groups is 1. The van der Waals surface area contributed by atoms with Crippen LogP contribution >= 0.6 is 0 Å². The molecule has 1 unspecified atom stereocenters. The highest BCUT2D eigenvalue weighted by atomic mass is 16.1. The maximum absolute atomic E-state index is 12.1. The Morgan fingerprint density at radius 2 is 1.94 bits per heavy atom. The van der Waals surface area contributed by atoms with Gasteiger partial charge in [0.05, 0.1) is 0 Å². The molecule has 0 spiro atoms. The second-order valence-electron chi connectivity index (χ2n) is 5.80. The number of rotatable bonds is 4. The van der Waals surface area contributed by atoms with Gasteiger partial charge < -0.3 is 15.5 Å². The summed E-state index contributed by atoms with van der Waals surface area (Å²) >= 11 is 0. The van der Waals surface area contributed by atoms with Gasteiger partial charge in [0.25, 0.3) is 0 Å². The van der Waals surface area contributed by atoms with Crippen LogP contribution in [-0.2, 0) is 4.79 Å². The molecule has 2 saturated heterocycles. The highest BCUT2D eigenvalue weighted by molar-refractivity contribution is 5.79. The smallest absolute Gasteiger partial charge is 0.223 e. The summed E-state index contributed by atoms with van der Waals surface area (Å²) in [5, 5.41) is 6.49. The van der Waals surface area contributed by atoms with Crippen molar-refractivity contribution < 1.29 is 4.79 Å². The molecule has 0 bridgehead atoms. The van der Waals surface area contributed by atoms with Crippen molar-refractivity contribution in [3.63, 3.8) is 0 Å². The van der Waals surface area contributed by atoms with E-state index in [0.717, 1.165) is 32.5 Å². The SMILES string of the molecule is CC(CN1CCCCC1)NC(=O)C1CCNCC1. The summed E-state index contributed by atoms with van der Waals surface area (Å²) in [6.07, 6.45) is 5.97. The van der Waals surface area contributed by atoms with E-state index in [1.165, 1.54) is 32.4 Å². The molecule has 18 heavy (non-hydrogen) atoms. The van der Waals surface area contributed by atoms with E-state index >= 15 is 0 Å². The molecule has 0 aromatic carbocycles. The molecule has 104 valence electrons. The summed E-state index contributed by atoms with van der Waals surface area (Å²) < 4.78 is 0. The molecular formula is C14H27N3O. The van der Waals surface area contributed by atoms with E-state index in [1.807, 2.05) is 0 Å². The highest BCUT2D eigenvalue weighted by Gasteiger charge is 2.22. The molecule has 0 aromatic heterocycles. The van der Waals surface area contributed by atoms with Crippen LogP contribution in [0.5, 0.6) is 0 Å². The number of likely N-dealkylation sites (tertiary alicyclic amines) is 1. The van der Waals surface area contributed by atoms with Gasteiger partial charge in [0.15, 0.2) is 0 Å². The van der Waals surface area contributed by atoms with E-state index in [2.05, 4.69) is 22.5 Å². The first-order chi connectivity index (χ1) is 8.75. The Bertz CT molecular complexity index is 258. The molecule has 2 rings (SSSR count). The van der Waals surface area contributed by atoms with Gasteiger partial charge in [-0.15, -0.1) is 0 Å². The summed E-state index contributed by atoms with van der Waals surface area (Å²) in [6.45, 7) is 7.52. The lowest BCUT2D eigenvalue weighted by Gasteiger charge is -2.30. The van der Waals surface area contributed by atoms with E-state index in [4.69, 9.17) is 0 Å². The van der Waals surface area contributed by atoms with Crippen LogP contribution in [0.4, 0.5) is 0 Å². The molecular weight excluding hydrogens is 226 g/mol. The maximum atomic E-state index is 12.1. The lowest BCUT2D eigenvalue weighted by atomic mass is 9.97. The predicted molar refractivity (Wildman–Crippen MR) is 73.5 cm³/mol. The van der Waals surface area contributed by atoms with Crippen molar-refractivity contribution in [1.29, 1.82) is 0 Å². The zero-order valence-electron chi connectivity index (χ0n) is 11.6. The molecule has 0 saturated carbocycles. The fourth-order valence-electron chi connectivity index (χ4n) is 3.02. The van der Waals surface area contributed by atoms with Crippen molar-refractivity contribution in [2.45, 2.75) is 45.1 Å². The van der Waals surface area contributed by atoms with E-state index in [9.17, 15) is 4.79 Å². The van der Waals surface area contributed by atoms with Crippen LogP contribution < -0.4 is 10.6 Å². The topological polar surface area (TPSA) is 44.4 Å². The maximum Gasteiger partial charge on any atom is 0.223 e. The molecule has 4 heteroatoms. The number of nitrogens with one attached hydrogen (secondary N) is 2. The Morgan fingerprint density at radius 1 is 1.28 bits per heavy atom. The van der Waals surface area contributed by atoms with Gasteiger partial charge in [-0.1, -0.05) is 6.42 Å². The monoisotopic (exact) mass is 253 g/mol. The van der Waals surface area contributed by atoms with Crippen LogP contribution in [0, 0.1) is 5.92 Å². The van der Waals surface area contributed by atoms with Gasteiger partial charge in [-0.3, -0.25) is 4.79 Å². The van der Waals surface area contributed by atoms with Gasteiger partial charge in [0.1, 0.15) is 0 Å². The molecule has 2 aliphatic rings. The number of carbonyl (C=O) groups excluding carboxylic acids is 1. The van der Waals surface area contributed by atoms with Gasteiger partial charge in [-0.05, 0) is 58.8 Å². The first-order valence-corrected chi connectivity index (χ1v) is 7.49. The summed E-state index contributed by atoms with van der Waals surface area (Å²) in [4.78, 5) is 14.6. The van der Waals surface area contributed by atoms with Gasteiger partial charge >= 0.3 is 0 Å². The van der Waals surface area contributed by atoms with E-state index < -0.39 is 0 Å². The molecule has 2 N–H and O–H groups in total. The summed E-state index contributed by atoms with van der Waals surface area (Å²) in [5.74, 6) is 0.496. The second-order valence-corrected chi connectivity index (χ2v) is 5.80. The molecule has 2 aliphatic heterocycles. The van der Waals surface area contributed by atoms with Gasteiger partial charge in [0, 0.05) is 18.5 Å². The minimum atomic E-state index is 0.232. The van der Waals surface area contributed by atoms with E-state index in [0.29, 0.717) is 0 Å². The van der Waals surface area contributed by atoms with Crippen molar-refractivity contribution in [1.82, 2.24) is 15.5 Å². The Morgan fingerprint density at radius 3 is 2.61 bits per heavy atom. The lowest BCUT2D eigenvalue weighted by Crippen LogP contribution is -2.47. The van der Waals surface area contributed by atoms with Gasteiger partial charge in [-0.25, -0.2) is 0 Å². The van der Waals surface area contributed by atoms with E-state index in [-0.39, 0.29) is 17.9 Å². The summed E-state index contributed by atoms with van der Waals surface area (Å²) in [7, 11) is 0. The first-order valence-electron chi connectivity index (χ1n) is 7.49. The Hall–Kier alpha value is -0.610. The summed E-state index contributed by atoms with van der Waals surface area (Å²) in [5.41, 5.74) is 0. The van der Waals surface area contributed by atoms with Crippen molar-refractivity contribution in [3.05, 3.63) is 0 Å². The van der Waals surface area contributed by atoms with Crippen molar-refractivity contribution in [3.8, 4) is 0 Å². The quantitative estimate of drug-likeness (QED) is 0.785. The zero-order chi connectivity index (χ0) is 12.8. The highest BCUT2D eigenvalue weighted by Crippen LogP contribution is 2.12. The number of piperidine rings is 2. The number of nitrogens with zero attached hydrogens (tertiary/aromatic N) is 1. The van der Waals surface area contributed by atoms with E-state index in [1.54, 1.807) is 0 Å². The first kappa shape index (κ1) is 13.8. The molecule has 1 amide bonds. The molecule has 2 heterocycles. The zero-order valence-corrected chi connectivity index (χ0v) is 11.6. The largest absolute Gasteiger partial charge is 0.352 e. The average molecular weight is 253 g/mol. The van der Waals surface area contributed by atoms with Crippen LogP contribution in [0.2, 0.25) is 0 Å². The number of hydrogen-bond acceptors (Lipinski definition) is 3. The third kappa shape index (κ3) is 4.25. The molecule has 0 aromatic rings. The molecule has 1 atom stereocenters. The van der Waals surface area contributed by atoms with Crippen LogP contribution in [0.25, 0.3) is 0 Å². The lowest BCUT2D eigenvalue weighted by molar-refractivity contribution is -0.126. The molecule has 2 fully saturated rings. The van der Waals surface area contributed by atoms with Gasteiger partial charge in [0.2, 0.25) is 5.91 Å². The Balaban J connectivity index is 1.68. The normalized spacial score (nSPS) is 24.7. The average Bonchev–Trinajstić information content (AvgIpc) is 2.40. The predicted octanol–water partition coefficient (Wildman–Crippen LogP) is 0.977. The Labute approximate surface area is 110 Å². The number of hydrogen-bond donors (Lipinski definition) is 2. The van der Waals surface area contributed by atoms with Crippen LogP contribution in [-0.4, -0.2) is 49.6 Å². The van der Waals surface area contributed by atoms with Crippen molar-refractivity contribution in [2.24, 2.45) is 5.92 Å². The molecule has 0 radical (unpaired) electrons. The fraction of sp³-hybridized carbons (Fsp3) is 0.929. The summed E-state index contributed by atoms with van der Waals surface area (Å²) in [6, 6.07) is 0.283. The molecule has 0 aliphatic carbocycles. The minimum absolute atomic E-state index is 0.232. The van der Waals surface area contributed by atoms with Crippen LogP contribution in [0.15, 0.2) is 0 Å². The van der Waals surface area contributed by atoms with Crippen LogP contribution in [0.3, 0.4) is 0 Å². The minimum Gasteiger partial charge on any atom is -0.352 e. The fourth-order valence-corrected chi connectivity index (χ4v) is 3.02. The van der Waals surface area contributed by atoms with Crippen molar-refractivity contribution >= 4 is 5.91 Å². The number of amides is 1. The van der Waals surface area contributed by atoms with Crippen molar-refractivity contribution in [2.75, 3.05) is 32.7 Å². The third-order valence-corrected chi connectivity index (χ3v) is 4.08. The van der Waals surface area contributed by atoms with Crippen LogP contribution in [0.1, 0.15) is 39.0 Å². The Kier molecular flexibility index (Phi) is 5.45. The second kappa shape index (κ2) is 7.10. The third-order valence-electron chi connectivity index (χ3n) is 4.08. The molecule has 4 nitrogen and oxygen atoms in total. The van der Waals surface area contributed by atoms with Gasteiger partial charge in [-0.2, -0.15) is 0 Å².